The smallest absolute Gasteiger partial charge is 0.406 e. The van der Waals surface area contributed by atoms with Gasteiger partial charge in [0.05, 0.1) is 23.9 Å². The van der Waals surface area contributed by atoms with Gasteiger partial charge in [-0.3, -0.25) is 4.79 Å². The molecule has 33 heavy (non-hydrogen) atoms. The van der Waals surface area contributed by atoms with Crippen molar-refractivity contribution in [2.24, 2.45) is 0 Å². The van der Waals surface area contributed by atoms with Crippen molar-refractivity contribution in [3.8, 4) is 23.0 Å². The molecule has 1 aliphatic carbocycles. The van der Waals surface area contributed by atoms with Gasteiger partial charge in [-0.15, -0.1) is 18.3 Å². The van der Waals surface area contributed by atoms with Crippen LogP contribution in [0.15, 0.2) is 24.4 Å². The number of nitrogens with zero attached hydrogens (tertiary/aromatic N) is 6. The molecule has 1 atom stereocenters. The molecule has 1 saturated carbocycles. The third kappa shape index (κ3) is 5.10. The van der Waals surface area contributed by atoms with Crippen LogP contribution in [0.1, 0.15) is 64.2 Å². The Labute approximate surface area is 189 Å². The zero-order valence-electron chi connectivity index (χ0n) is 16.9. The number of amides is 1. The maximum Gasteiger partial charge on any atom is 0.573 e. The van der Waals surface area contributed by atoms with Crippen LogP contribution in [-0.4, -0.2) is 32.0 Å². The summed E-state index contributed by atoms with van der Waals surface area (Å²) in [5.74, 6) is -0.256. The number of hydrogen-bond donors (Lipinski definition) is 1. The van der Waals surface area contributed by atoms with Crippen molar-refractivity contribution in [2.45, 2.75) is 38.1 Å². The maximum absolute atomic E-state index is 12.8. The van der Waals surface area contributed by atoms with Gasteiger partial charge in [-0.1, -0.05) is 11.3 Å². The number of benzene rings is 1. The van der Waals surface area contributed by atoms with Crippen molar-refractivity contribution in [2.75, 3.05) is 0 Å². The monoisotopic (exact) mass is 473 g/mol. The highest BCUT2D eigenvalue weighted by molar-refractivity contribution is 7.14. The highest BCUT2D eigenvalue weighted by Crippen LogP contribution is 2.39. The van der Waals surface area contributed by atoms with E-state index in [2.05, 4.69) is 25.1 Å². The Morgan fingerprint density at radius 3 is 2.67 bits per heavy atom. The summed E-state index contributed by atoms with van der Waals surface area (Å²) in [6.45, 7) is 1.63. The van der Waals surface area contributed by atoms with E-state index in [1.807, 2.05) is 6.07 Å². The van der Waals surface area contributed by atoms with Gasteiger partial charge in [0.2, 0.25) is 5.13 Å². The standard InChI is InChI=1S/C20H14F3N7O2S/c1-10(27-18(31)13-4-11(7-24)5-14(6-13)32-20(21,22)23)17-28-16(12-2-3-12)29-30(17)19-26-9-15(8-25)33-19/h4-6,9-10,12H,2-3H2,1H3,(H,27,31)/t10-/m0/s1. The van der Waals surface area contributed by atoms with Crippen LogP contribution in [0.25, 0.3) is 5.13 Å². The lowest BCUT2D eigenvalue weighted by atomic mass is 10.1. The quantitative estimate of drug-likeness (QED) is 0.577. The van der Waals surface area contributed by atoms with Gasteiger partial charge in [0.1, 0.15) is 16.7 Å². The molecule has 0 radical (unpaired) electrons. The molecule has 4 rings (SSSR count). The number of nitrogens with one attached hydrogen (secondary N) is 1. The summed E-state index contributed by atoms with van der Waals surface area (Å²) in [6, 6.07) is 5.94. The second kappa shape index (κ2) is 8.52. The van der Waals surface area contributed by atoms with Crippen LogP contribution in [-0.2, 0) is 0 Å². The molecule has 0 unspecified atom stereocenters. The molecule has 9 nitrogen and oxygen atoms in total. The van der Waals surface area contributed by atoms with Gasteiger partial charge in [-0.2, -0.15) is 15.2 Å². The zero-order chi connectivity index (χ0) is 23.8. The lowest BCUT2D eigenvalue weighted by Gasteiger charge is -2.15. The van der Waals surface area contributed by atoms with Crippen LogP contribution in [0.5, 0.6) is 5.75 Å². The molecule has 1 aromatic carbocycles. The fourth-order valence-electron chi connectivity index (χ4n) is 3.02. The van der Waals surface area contributed by atoms with Crippen LogP contribution >= 0.6 is 11.3 Å². The van der Waals surface area contributed by atoms with Crippen molar-refractivity contribution in [3.63, 3.8) is 0 Å². The minimum atomic E-state index is -4.97. The summed E-state index contributed by atoms with van der Waals surface area (Å²) in [5.41, 5.74) is -0.352. The van der Waals surface area contributed by atoms with Crippen molar-refractivity contribution in [1.29, 1.82) is 10.5 Å². The fraction of sp³-hybridized carbons (Fsp3) is 0.300. The van der Waals surface area contributed by atoms with Gasteiger partial charge in [0, 0.05) is 11.5 Å². The van der Waals surface area contributed by atoms with Gasteiger partial charge in [-0.25, -0.2) is 9.97 Å². The van der Waals surface area contributed by atoms with Crippen molar-refractivity contribution in [3.05, 3.63) is 52.0 Å². The summed E-state index contributed by atoms with van der Waals surface area (Å²) in [4.78, 5) is 21.9. The number of halogens is 3. The largest absolute Gasteiger partial charge is 0.573 e. The first-order valence-corrected chi connectivity index (χ1v) is 10.4. The number of alkyl halides is 3. The Bertz CT molecular complexity index is 1300. The predicted molar refractivity (Wildman–Crippen MR) is 107 cm³/mol. The van der Waals surface area contributed by atoms with E-state index < -0.39 is 24.1 Å². The lowest BCUT2D eigenvalue weighted by Crippen LogP contribution is -2.29. The van der Waals surface area contributed by atoms with Gasteiger partial charge < -0.3 is 10.1 Å². The molecule has 0 bridgehead atoms. The van der Waals surface area contributed by atoms with Gasteiger partial charge in [0.15, 0.2) is 11.6 Å². The second-order valence-electron chi connectivity index (χ2n) is 7.23. The topological polar surface area (TPSA) is 130 Å². The molecule has 2 aromatic heterocycles. The van der Waals surface area contributed by atoms with E-state index in [1.54, 1.807) is 13.0 Å². The number of carbonyl (C=O) groups excluding carboxylic acids is 1. The third-order valence-electron chi connectivity index (χ3n) is 4.64. The Kier molecular flexibility index (Phi) is 5.74. The molecule has 2 heterocycles. The molecule has 1 N–H and O–H groups in total. The number of hydrogen-bond acceptors (Lipinski definition) is 8. The second-order valence-corrected chi connectivity index (χ2v) is 8.24. The summed E-state index contributed by atoms with van der Waals surface area (Å²) < 4.78 is 43.1. The average Bonchev–Trinajstić information content (AvgIpc) is 3.33. The Balaban J connectivity index is 1.61. The van der Waals surface area contributed by atoms with Crippen LogP contribution in [0, 0.1) is 22.7 Å². The third-order valence-corrected chi connectivity index (χ3v) is 5.52. The Hall–Kier alpha value is -3.97. The number of thiazole rings is 1. The number of nitriles is 2. The summed E-state index contributed by atoms with van der Waals surface area (Å²) >= 11 is 1.11. The number of carbonyl (C=O) groups is 1. The normalized spacial score (nSPS) is 14.2. The van der Waals surface area contributed by atoms with Gasteiger partial charge in [0.25, 0.3) is 5.91 Å². The van der Waals surface area contributed by atoms with E-state index in [4.69, 9.17) is 10.5 Å². The molecule has 1 amide bonds. The SMILES string of the molecule is C[C@H](NC(=O)c1cc(C#N)cc(OC(F)(F)F)c1)c1nc(C2CC2)nn1-c1ncc(C#N)s1. The summed E-state index contributed by atoms with van der Waals surface area (Å²) in [5, 5.41) is 25.7. The number of aromatic nitrogens is 4. The number of rotatable bonds is 6. The van der Waals surface area contributed by atoms with Crippen LogP contribution < -0.4 is 10.1 Å². The molecular weight excluding hydrogens is 459 g/mol. The Morgan fingerprint density at radius 1 is 1.30 bits per heavy atom. The molecular formula is C20H14F3N7O2S. The molecule has 0 aliphatic heterocycles. The van der Waals surface area contributed by atoms with E-state index in [0.717, 1.165) is 42.4 Å². The van der Waals surface area contributed by atoms with Crippen LogP contribution in [0.2, 0.25) is 0 Å². The van der Waals surface area contributed by atoms with Crippen molar-refractivity contribution >= 4 is 17.2 Å². The minimum absolute atomic E-state index is 0.166. The van der Waals surface area contributed by atoms with Crippen molar-refractivity contribution < 1.29 is 22.7 Å². The van der Waals surface area contributed by atoms with Crippen LogP contribution in [0.3, 0.4) is 0 Å². The minimum Gasteiger partial charge on any atom is -0.406 e. The van der Waals surface area contributed by atoms with E-state index in [9.17, 15) is 18.0 Å². The van der Waals surface area contributed by atoms with E-state index in [0.29, 0.717) is 21.7 Å². The summed E-state index contributed by atoms with van der Waals surface area (Å²) in [6.07, 6.45) is -1.69. The molecule has 1 fully saturated rings. The predicted octanol–water partition coefficient (Wildman–Crippen LogP) is 3.73. The fourth-order valence-corrected chi connectivity index (χ4v) is 3.70. The lowest BCUT2D eigenvalue weighted by molar-refractivity contribution is -0.274. The molecule has 0 saturated heterocycles. The first-order chi connectivity index (χ1) is 15.7. The van der Waals surface area contributed by atoms with E-state index in [-0.39, 0.29) is 17.0 Å². The van der Waals surface area contributed by atoms with E-state index >= 15 is 0 Å². The molecule has 3 aromatic rings. The average molecular weight is 473 g/mol. The maximum atomic E-state index is 12.8. The molecule has 168 valence electrons. The molecule has 13 heteroatoms. The van der Waals surface area contributed by atoms with Crippen LogP contribution in [0.4, 0.5) is 13.2 Å². The molecule has 1 aliphatic rings. The van der Waals surface area contributed by atoms with E-state index in [1.165, 1.54) is 10.9 Å². The summed E-state index contributed by atoms with van der Waals surface area (Å²) in [7, 11) is 0. The van der Waals surface area contributed by atoms with Gasteiger partial charge in [-0.05, 0) is 38.0 Å². The first kappa shape index (κ1) is 22.2. The number of ether oxygens (including phenoxy) is 1. The highest BCUT2D eigenvalue weighted by atomic mass is 32.1. The zero-order valence-corrected chi connectivity index (χ0v) is 17.7. The Morgan fingerprint density at radius 2 is 2.06 bits per heavy atom. The highest BCUT2D eigenvalue weighted by Gasteiger charge is 2.33. The molecule has 0 spiro atoms. The van der Waals surface area contributed by atoms with Gasteiger partial charge >= 0.3 is 6.36 Å². The van der Waals surface area contributed by atoms with Crippen molar-refractivity contribution in [1.82, 2.24) is 25.1 Å². The first-order valence-electron chi connectivity index (χ1n) is 9.62.